The molecule has 0 aromatic rings. The predicted octanol–water partition coefficient (Wildman–Crippen LogP) is 0.817. The first-order chi connectivity index (χ1) is 17.0. The van der Waals surface area contributed by atoms with Crippen LogP contribution in [0.15, 0.2) is 0 Å². The van der Waals surface area contributed by atoms with E-state index in [1.54, 1.807) is 0 Å². The zero-order valence-corrected chi connectivity index (χ0v) is 23.1. The third-order valence-corrected chi connectivity index (χ3v) is 5.35. The lowest BCUT2D eigenvalue weighted by Gasteiger charge is -2.23. The number of nitrogens with two attached hydrogens (primary N) is 2. The van der Waals surface area contributed by atoms with Gasteiger partial charge in [0.15, 0.2) is 12.2 Å². The van der Waals surface area contributed by atoms with E-state index in [2.05, 4.69) is 0 Å². The van der Waals surface area contributed by atoms with Gasteiger partial charge in [0.05, 0.1) is 13.2 Å². The SMILES string of the molecule is CC(=O)OC[C@H](COP(=O)(O)OCC(COC(=O)[C@@H](N)CC(C)C)OC(=O)[C@@H](N)CC(C)C)OC(C)=O. The van der Waals surface area contributed by atoms with Crippen molar-refractivity contribution in [1.82, 2.24) is 0 Å². The largest absolute Gasteiger partial charge is 0.472 e. The zero-order chi connectivity index (χ0) is 28.8. The number of rotatable bonds is 18. The van der Waals surface area contributed by atoms with Gasteiger partial charge >= 0.3 is 31.7 Å². The molecule has 0 aliphatic rings. The molecule has 14 nitrogen and oxygen atoms in total. The molecule has 0 aliphatic carbocycles. The Bertz CT molecular complexity index is 792. The summed E-state index contributed by atoms with van der Waals surface area (Å²) in [5, 5.41) is 0. The van der Waals surface area contributed by atoms with E-state index in [4.69, 9.17) is 39.5 Å². The minimum Gasteiger partial charge on any atom is -0.462 e. The summed E-state index contributed by atoms with van der Waals surface area (Å²) in [6.07, 6.45) is -1.82. The van der Waals surface area contributed by atoms with E-state index in [9.17, 15) is 28.6 Å². The van der Waals surface area contributed by atoms with E-state index in [0.29, 0.717) is 12.8 Å². The molecular formula is C22H41N2O12P. The molecule has 37 heavy (non-hydrogen) atoms. The molecule has 0 aliphatic heterocycles. The fourth-order valence-corrected chi connectivity index (χ4v) is 3.60. The Morgan fingerprint density at radius 3 is 1.57 bits per heavy atom. The summed E-state index contributed by atoms with van der Waals surface area (Å²) in [6.45, 7) is 7.38. The normalized spacial score (nSPS) is 16.3. The molecule has 0 bridgehead atoms. The molecule has 0 saturated carbocycles. The van der Waals surface area contributed by atoms with E-state index in [0.717, 1.165) is 13.8 Å². The van der Waals surface area contributed by atoms with Crippen molar-refractivity contribution >= 4 is 31.7 Å². The molecule has 0 radical (unpaired) electrons. The summed E-state index contributed by atoms with van der Waals surface area (Å²) in [4.78, 5) is 56.7. The van der Waals surface area contributed by atoms with Crippen molar-refractivity contribution in [3.8, 4) is 0 Å². The summed E-state index contributed by atoms with van der Waals surface area (Å²) in [6, 6.07) is -1.90. The van der Waals surface area contributed by atoms with Crippen molar-refractivity contribution in [2.45, 2.75) is 78.7 Å². The average molecular weight is 557 g/mol. The minimum absolute atomic E-state index is 0.0901. The first-order valence-electron chi connectivity index (χ1n) is 11.8. The van der Waals surface area contributed by atoms with Crippen LogP contribution in [0.3, 0.4) is 0 Å². The standard InChI is InChI=1S/C22H41N2O12P/c1-13(2)7-19(23)21(27)32-10-18(36-22(28)20(24)8-14(3)4)12-34-37(29,30)33-11-17(35-16(6)26)9-31-15(5)25/h13-14,17-20H,7-12,23-24H2,1-6H3,(H,29,30)/t17-,18?,19+,20+/m1/s1. The molecule has 15 heteroatoms. The highest BCUT2D eigenvalue weighted by molar-refractivity contribution is 7.47. The van der Waals surface area contributed by atoms with Crippen molar-refractivity contribution in [2.75, 3.05) is 26.4 Å². The monoisotopic (exact) mass is 556 g/mol. The third kappa shape index (κ3) is 17.9. The number of phosphoric ester groups is 1. The zero-order valence-electron chi connectivity index (χ0n) is 22.2. The molecule has 5 atom stereocenters. The van der Waals surface area contributed by atoms with Crippen LogP contribution in [0, 0.1) is 11.8 Å². The highest BCUT2D eigenvalue weighted by Crippen LogP contribution is 2.43. The highest BCUT2D eigenvalue weighted by atomic mass is 31.2. The lowest BCUT2D eigenvalue weighted by atomic mass is 10.0. The summed E-state index contributed by atoms with van der Waals surface area (Å²) in [7, 11) is -4.79. The number of ether oxygens (including phenoxy) is 4. The Morgan fingerprint density at radius 1 is 0.703 bits per heavy atom. The molecule has 0 aromatic heterocycles. The van der Waals surface area contributed by atoms with Crippen molar-refractivity contribution < 1.29 is 56.6 Å². The maximum absolute atomic E-state index is 12.4. The second-order valence-corrected chi connectivity index (χ2v) is 10.7. The number of carbonyl (C=O) groups is 4. The molecule has 216 valence electrons. The molecule has 0 heterocycles. The quantitative estimate of drug-likeness (QED) is 0.121. The maximum Gasteiger partial charge on any atom is 0.472 e. The van der Waals surface area contributed by atoms with Crippen LogP contribution in [0.25, 0.3) is 0 Å². The predicted molar refractivity (Wildman–Crippen MR) is 130 cm³/mol. The van der Waals surface area contributed by atoms with Gasteiger partial charge < -0.3 is 35.3 Å². The van der Waals surface area contributed by atoms with Crippen LogP contribution in [0.5, 0.6) is 0 Å². The second kappa shape index (κ2) is 17.4. The fourth-order valence-electron chi connectivity index (χ4n) is 2.81. The summed E-state index contributed by atoms with van der Waals surface area (Å²) in [5.74, 6) is -2.76. The smallest absolute Gasteiger partial charge is 0.462 e. The topological polar surface area (TPSA) is 213 Å². The maximum atomic E-state index is 12.4. The third-order valence-electron chi connectivity index (χ3n) is 4.40. The van der Waals surface area contributed by atoms with Crippen LogP contribution >= 0.6 is 7.82 Å². The van der Waals surface area contributed by atoms with E-state index >= 15 is 0 Å². The van der Waals surface area contributed by atoms with Gasteiger partial charge in [-0.15, -0.1) is 0 Å². The van der Waals surface area contributed by atoms with Crippen LogP contribution in [-0.2, 0) is 51.7 Å². The summed E-state index contributed by atoms with van der Waals surface area (Å²) in [5.41, 5.74) is 11.6. The molecule has 5 N–H and O–H groups in total. The Morgan fingerprint density at radius 2 is 1.14 bits per heavy atom. The number of esters is 4. The van der Waals surface area contributed by atoms with Crippen LogP contribution in [0.1, 0.15) is 54.4 Å². The van der Waals surface area contributed by atoms with E-state index in [1.165, 1.54) is 0 Å². The van der Waals surface area contributed by atoms with Gasteiger partial charge in [0.25, 0.3) is 0 Å². The Labute approximate surface area is 217 Å². The molecule has 0 amide bonds. The van der Waals surface area contributed by atoms with Crippen molar-refractivity contribution in [3.63, 3.8) is 0 Å². The fraction of sp³-hybridized carbons (Fsp3) is 0.818. The average Bonchev–Trinajstić information content (AvgIpc) is 2.75. The summed E-state index contributed by atoms with van der Waals surface area (Å²) >= 11 is 0. The molecule has 0 fully saturated rings. The van der Waals surface area contributed by atoms with Gasteiger partial charge in [0.1, 0.15) is 25.3 Å². The van der Waals surface area contributed by atoms with Crippen LogP contribution in [-0.4, -0.2) is 79.5 Å². The van der Waals surface area contributed by atoms with Gasteiger partial charge in [-0.1, -0.05) is 27.7 Å². The first kappa shape index (κ1) is 34.9. The first-order valence-corrected chi connectivity index (χ1v) is 13.3. The van der Waals surface area contributed by atoms with Crippen molar-refractivity contribution in [2.24, 2.45) is 23.3 Å². The Kier molecular flexibility index (Phi) is 16.4. The summed E-state index contributed by atoms with van der Waals surface area (Å²) < 4.78 is 42.0. The van der Waals surface area contributed by atoms with Crippen LogP contribution < -0.4 is 11.5 Å². The van der Waals surface area contributed by atoms with Gasteiger partial charge in [0, 0.05) is 13.8 Å². The van der Waals surface area contributed by atoms with E-state index < -0.39 is 82.4 Å². The van der Waals surface area contributed by atoms with E-state index in [-0.39, 0.29) is 11.8 Å². The molecule has 0 spiro atoms. The van der Waals surface area contributed by atoms with Gasteiger partial charge in [-0.05, 0) is 24.7 Å². The Hall–Kier alpha value is -2.09. The van der Waals surface area contributed by atoms with Gasteiger partial charge in [-0.2, -0.15) is 0 Å². The lowest BCUT2D eigenvalue weighted by molar-refractivity contribution is -0.163. The van der Waals surface area contributed by atoms with Crippen molar-refractivity contribution in [1.29, 1.82) is 0 Å². The minimum atomic E-state index is -4.79. The number of hydrogen-bond donors (Lipinski definition) is 3. The number of carbonyl (C=O) groups excluding carboxylic acids is 4. The van der Waals surface area contributed by atoms with Gasteiger partial charge in [-0.3, -0.25) is 28.2 Å². The molecule has 0 saturated heterocycles. The van der Waals surface area contributed by atoms with Crippen molar-refractivity contribution in [3.05, 3.63) is 0 Å². The van der Waals surface area contributed by atoms with Crippen LogP contribution in [0.4, 0.5) is 0 Å². The molecule has 0 aromatic carbocycles. The number of hydrogen-bond acceptors (Lipinski definition) is 13. The highest BCUT2D eigenvalue weighted by Gasteiger charge is 2.30. The lowest BCUT2D eigenvalue weighted by Crippen LogP contribution is -2.40. The molecule has 2 unspecified atom stereocenters. The van der Waals surface area contributed by atoms with Crippen LogP contribution in [0.2, 0.25) is 0 Å². The van der Waals surface area contributed by atoms with E-state index in [1.807, 2.05) is 27.7 Å². The Balaban J connectivity index is 5.20. The van der Waals surface area contributed by atoms with Gasteiger partial charge in [0.2, 0.25) is 0 Å². The second-order valence-electron chi connectivity index (χ2n) is 9.26. The molecular weight excluding hydrogens is 515 g/mol. The number of phosphoric acid groups is 1. The van der Waals surface area contributed by atoms with Gasteiger partial charge in [-0.25, -0.2) is 4.57 Å². The molecule has 0 rings (SSSR count).